The van der Waals surface area contributed by atoms with E-state index >= 15 is 0 Å². The predicted molar refractivity (Wildman–Crippen MR) is 92.1 cm³/mol. The molecule has 0 saturated carbocycles. The molecule has 0 bridgehead atoms. The van der Waals surface area contributed by atoms with Crippen LogP contribution in [0.5, 0.6) is 0 Å². The van der Waals surface area contributed by atoms with Gasteiger partial charge in [0.05, 0.1) is 0 Å². The second kappa shape index (κ2) is 7.70. The molecule has 2 aromatic rings. The molecule has 3 rings (SSSR count). The third-order valence-electron chi connectivity index (χ3n) is 4.42. The molecule has 1 aromatic heterocycles. The summed E-state index contributed by atoms with van der Waals surface area (Å²) < 4.78 is 0. The molecule has 1 atom stereocenters. The number of piperidine rings is 1. The van der Waals surface area contributed by atoms with Gasteiger partial charge in [-0.05, 0) is 42.8 Å². The predicted octanol–water partition coefficient (Wildman–Crippen LogP) is 4.16. The summed E-state index contributed by atoms with van der Waals surface area (Å²) >= 11 is 1.81. The van der Waals surface area contributed by atoms with Crippen molar-refractivity contribution < 1.29 is 4.79 Å². The van der Waals surface area contributed by atoms with Crippen LogP contribution in [0.2, 0.25) is 0 Å². The van der Waals surface area contributed by atoms with E-state index < -0.39 is 0 Å². The smallest absolute Gasteiger partial charge is 0.137 e. The fraction of sp³-hybridized carbons (Fsp3) is 0.421. The number of hydrogen-bond acceptors (Lipinski definition) is 3. The highest BCUT2D eigenvalue weighted by Gasteiger charge is 2.25. The van der Waals surface area contributed by atoms with Crippen molar-refractivity contribution in [3.8, 4) is 0 Å². The number of aryl methyl sites for hydroxylation is 1. The minimum atomic E-state index is 0.234. The van der Waals surface area contributed by atoms with Gasteiger partial charge in [0, 0.05) is 30.3 Å². The van der Waals surface area contributed by atoms with Crippen molar-refractivity contribution in [1.29, 1.82) is 0 Å². The highest BCUT2D eigenvalue weighted by molar-refractivity contribution is 7.09. The van der Waals surface area contributed by atoms with Gasteiger partial charge in [-0.2, -0.15) is 0 Å². The van der Waals surface area contributed by atoms with Gasteiger partial charge in [-0.1, -0.05) is 36.4 Å². The number of Topliss-reactive ketones (excluding diaryl/α,β-unsaturated/α-hetero) is 1. The van der Waals surface area contributed by atoms with Crippen LogP contribution < -0.4 is 0 Å². The van der Waals surface area contributed by atoms with Crippen LogP contribution in [0.1, 0.15) is 29.7 Å². The number of thiophene rings is 1. The van der Waals surface area contributed by atoms with Gasteiger partial charge in [0.2, 0.25) is 0 Å². The largest absolute Gasteiger partial charge is 0.299 e. The van der Waals surface area contributed by atoms with Crippen molar-refractivity contribution in [2.24, 2.45) is 5.92 Å². The van der Waals surface area contributed by atoms with Gasteiger partial charge in [-0.3, -0.25) is 9.69 Å². The molecule has 0 amide bonds. The molecule has 0 unspecified atom stereocenters. The number of benzene rings is 1. The molecule has 0 N–H and O–H groups in total. The molecule has 0 spiro atoms. The van der Waals surface area contributed by atoms with E-state index in [4.69, 9.17) is 0 Å². The number of carbonyl (C=O) groups is 1. The molecule has 2 nitrogen and oxygen atoms in total. The Kier molecular flexibility index (Phi) is 5.41. The van der Waals surface area contributed by atoms with Gasteiger partial charge in [0.1, 0.15) is 5.78 Å². The monoisotopic (exact) mass is 313 g/mol. The number of nitrogens with zero attached hydrogens (tertiary/aromatic N) is 1. The highest BCUT2D eigenvalue weighted by Crippen LogP contribution is 2.22. The van der Waals surface area contributed by atoms with Crippen LogP contribution in [0.4, 0.5) is 0 Å². The summed E-state index contributed by atoms with van der Waals surface area (Å²) in [4.78, 5) is 16.3. The summed E-state index contributed by atoms with van der Waals surface area (Å²) in [5, 5.41) is 2.13. The van der Waals surface area contributed by atoms with E-state index in [-0.39, 0.29) is 5.92 Å². The number of carbonyl (C=O) groups excluding carboxylic acids is 1. The van der Waals surface area contributed by atoms with Crippen molar-refractivity contribution in [2.45, 2.75) is 32.2 Å². The van der Waals surface area contributed by atoms with E-state index in [0.717, 1.165) is 38.9 Å². The van der Waals surface area contributed by atoms with Gasteiger partial charge in [-0.15, -0.1) is 11.3 Å². The first-order valence-corrected chi connectivity index (χ1v) is 9.00. The molecule has 1 saturated heterocycles. The summed E-state index contributed by atoms with van der Waals surface area (Å²) in [6, 6.07) is 14.6. The molecule has 1 aliphatic rings. The lowest BCUT2D eigenvalue weighted by Crippen LogP contribution is -2.38. The van der Waals surface area contributed by atoms with Gasteiger partial charge in [0.15, 0.2) is 0 Å². The second-order valence-corrected chi connectivity index (χ2v) is 7.14. The lowest BCUT2D eigenvalue weighted by Gasteiger charge is -2.31. The zero-order valence-electron chi connectivity index (χ0n) is 12.9. The zero-order valence-corrected chi connectivity index (χ0v) is 13.7. The Morgan fingerprint density at radius 1 is 1.18 bits per heavy atom. The van der Waals surface area contributed by atoms with Crippen LogP contribution in [-0.4, -0.2) is 23.8 Å². The fourth-order valence-electron chi connectivity index (χ4n) is 3.20. The summed E-state index contributed by atoms with van der Waals surface area (Å²) in [5.41, 5.74) is 1.27. The van der Waals surface area contributed by atoms with E-state index in [2.05, 4.69) is 34.5 Å². The quantitative estimate of drug-likeness (QED) is 0.798. The van der Waals surface area contributed by atoms with Crippen LogP contribution in [0.25, 0.3) is 0 Å². The Hall–Kier alpha value is -1.45. The number of rotatable bonds is 6. The number of likely N-dealkylation sites (tertiary alicyclic amines) is 1. The molecule has 0 radical (unpaired) electrons. The molecular formula is C19H23NOS. The molecular weight excluding hydrogens is 290 g/mol. The van der Waals surface area contributed by atoms with Crippen LogP contribution in [0, 0.1) is 5.92 Å². The normalized spacial score (nSPS) is 19.2. The Balaban J connectivity index is 1.49. The maximum atomic E-state index is 12.5. The van der Waals surface area contributed by atoms with Crippen LogP contribution in [0.3, 0.4) is 0 Å². The average Bonchev–Trinajstić information content (AvgIpc) is 3.07. The Morgan fingerprint density at radius 3 is 2.82 bits per heavy atom. The van der Waals surface area contributed by atoms with Crippen molar-refractivity contribution in [3.05, 3.63) is 58.3 Å². The topological polar surface area (TPSA) is 20.3 Å². The third kappa shape index (κ3) is 4.28. The van der Waals surface area contributed by atoms with E-state index in [0.29, 0.717) is 12.2 Å². The van der Waals surface area contributed by atoms with Crippen molar-refractivity contribution in [1.82, 2.24) is 4.90 Å². The lowest BCUT2D eigenvalue weighted by atomic mass is 9.90. The van der Waals surface area contributed by atoms with E-state index in [1.54, 1.807) is 0 Å². The summed E-state index contributed by atoms with van der Waals surface area (Å²) in [6.07, 6.45) is 3.77. The number of ketones is 1. The maximum absolute atomic E-state index is 12.5. The molecule has 22 heavy (non-hydrogen) atoms. The van der Waals surface area contributed by atoms with Crippen LogP contribution >= 0.6 is 11.3 Å². The minimum Gasteiger partial charge on any atom is -0.299 e. The zero-order chi connectivity index (χ0) is 15.2. The van der Waals surface area contributed by atoms with E-state index in [1.807, 2.05) is 29.5 Å². The SMILES string of the molecule is O=C(CCc1ccccc1)[C@@H]1CCCN(Cc2cccs2)C1. The van der Waals surface area contributed by atoms with Gasteiger partial charge < -0.3 is 0 Å². The summed E-state index contributed by atoms with van der Waals surface area (Å²) in [5.74, 6) is 0.678. The Labute approximate surface area is 136 Å². The van der Waals surface area contributed by atoms with Crippen molar-refractivity contribution in [3.63, 3.8) is 0 Å². The lowest BCUT2D eigenvalue weighted by molar-refractivity contribution is -0.124. The third-order valence-corrected chi connectivity index (χ3v) is 5.28. The number of hydrogen-bond donors (Lipinski definition) is 0. The molecule has 0 aliphatic carbocycles. The van der Waals surface area contributed by atoms with Crippen LogP contribution in [-0.2, 0) is 17.8 Å². The maximum Gasteiger partial charge on any atom is 0.137 e. The standard InChI is InChI=1S/C19H23NOS/c21-19(11-10-16-6-2-1-3-7-16)17-8-4-12-20(14-17)15-18-9-5-13-22-18/h1-3,5-7,9,13,17H,4,8,10-12,14-15H2/t17-/m1/s1. The summed E-state index contributed by atoms with van der Waals surface area (Å²) in [7, 11) is 0. The van der Waals surface area contributed by atoms with E-state index in [9.17, 15) is 4.79 Å². The molecule has 2 heterocycles. The Bertz CT molecular complexity index is 579. The fourth-order valence-corrected chi connectivity index (χ4v) is 3.95. The van der Waals surface area contributed by atoms with Crippen LogP contribution in [0.15, 0.2) is 47.8 Å². The molecule has 1 fully saturated rings. The minimum absolute atomic E-state index is 0.234. The molecule has 1 aliphatic heterocycles. The Morgan fingerprint density at radius 2 is 2.05 bits per heavy atom. The van der Waals surface area contributed by atoms with Gasteiger partial charge in [-0.25, -0.2) is 0 Å². The highest BCUT2D eigenvalue weighted by atomic mass is 32.1. The summed E-state index contributed by atoms with van der Waals surface area (Å²) in [6.45, 7) is 3.06. The van der Waals surface area contributed by atoms with Gasteiger partial charge in [0.25, 0.3) is 0 Å². The molecule has 1 aromatic carbocycles. The second-order valence-electron chi connectivity index (χ2n) is 6.11. The first kappa shape index (κ1) is 15.4. The van der Waals surface area contributed by atoms with Crippen molar-refractivity contribution >= 4 is 17.1 Å². The van der Waals surface area contributed by atoms with E-state index in [1.165, 1.54) is 10.4 Å². The first-order valence-electron chi connectivity index (χ1n) is 8.12. The van der Waals surface area contributed by atoms with Gasteiger partial charge >= 0.3 is 0 Å². The molecule has 116 valence electrons. The average molecular weight is 313 g/mol. The first-order chi connectivity index (χ1) is 10.8. The van der Waals surface area contributed by atoms with Crippen molar-refractivity contribution in [2.75, 3.05) is 13.1 Å². The molecule has 3 heteroatoms.